The first kappa shape index (κ1) is 36.4. The molecule has 1 aromatic carbocycles. The van der Waals surface area contributed by atoms with Crippen molar-refractivity contribution in [3.05, 3.63) is 76.1 Å². The van der Waals surface area contributed by atoms with Gasteiger partial charge in [-0.05, 0) is 85.3 Å². The summed E-state index contributed by atoms with van der Waals surface area (Å²) in [5.41, 5.74) is 2.05. The molecule has 15 heteroatoms. The lowest BCUT2D eigenvalue weighted by Gasteiger charge is -2.45. The zero-order valence-electron chi connectivity index (χ0n) is 29.8. The minimum atomic E-state index is -3.83. The van der Waals surface area contributed by atoms with E-state index in [2.05, 4.69) is 25.1 Å². The molecule has 1 saturated carbocycles. The Hall–Kier alpha value is -3.98. The number of halogens is 1. The van der Waals surface area contributed by atoms with E-state index in [1.807, 2.05) is 18.2 Å². The number of aryl methyl sites for hydroxylation is 2. The van der Waals surface area contributed by atoms with Crippen LogP contribution in [0.4, 0.5) is 5.82 Å². The number of carbonyl (C=O) groups is 2. The van der Waals surface area contributed by atoms with Crippen LogP contribution in [0.3, 0.4) is 0 Å². The number of hydrogen-bond acceptors (Lipinski definition) is 10. The third-order valence-corrected chi connectivity index (χ3v) is 13.2. The predicted molar refractivity (Wildman–Crippen MR) is 196 cm³/mol. The summed E-state index contributed by atoms with van der Waals surface area (Å²) in [5, 5.41) is 16.0. The Labute approximate surface area is 309 Å². The molecule has 1 unspecified atom stereocenters. The Morgan fingerprint density at radius 3 is 2.77 bits per heavy atom. The van der Waals surface area contributed by atoms with Gasteiger partial charge in [0.05, 0.1) is 31.7 Å². The number of amides is 2. The summed E-state index contributed by atoms with van der Waals surface area (Å²) in [7, 11) is 0.821. The Bertz CT molecular complexity index is 2030. The van der Waals surface area contributed by atoms with Crippen molar-refractivity contribution in [1.82, 2.24) is 19.5 Å². The maximum atomic E-state index is 14.6. The molecule has 0 radical (unpaired) electrons. The largest absolute Gasteiger partial charge is 0.489 e. The zero-order valence-corrected chi connectivity index (χ0v) is 31.4. The fraction of sp³-hybridized carbons (Fsp3) is 0.514. The van der Waals surface area contributed by atoms with Crippen LogP contribution in [-0.2, 0) is 33.5 Å². The maximum absolute atomic E-state index is 14.6. The number of aliphatic hydroxyl groups excluding tert-OH is 1. The van der Waals surface area contributed by atoms with Gasteiger partial charge in [-0.1, -0.05) is 36.7 Å². The van der Waals surface area contributed by atoms with Gasteiger partial charge >= 0.3 is 5.91 Å². The van der Waals surface area contributed by atoms with Crippen LogP contribution in [0.25, 0.3) is 0 Å². The number of pyridine rings is 1. The molecule has 2 aliphatic heterocycles. The van der Waals surface area contributed by atoms with E-state index in [0.29, 0.717) is 36.3 Å². The maximum Gasteiger partial charge on any atom is 0.305 e. The minimum absolute atomic E-state index is 0.0186. The average Bonchev–Trinajstić information content (AvgIpc) is 3.42. The molecule has 4 heterocycles. The second-order valence-electron chi connectivity index (χ2n) is 14.5. The Morgan fingerprint density at radius 1 is 1.19 bits per heavy atom. The van der Waals surface area contributed by atoms with Gasteiger partial charge in [0.25, 0.3) is 5.91 Å². The number of hydrogen-bond donors (Lipinski definition) is 2. The SMILES string of the molecule is COc1nn(C)cc1C(=O)NS1(=O)=NC(=O)c2ccc3c(n2)N(C[C@@H]2CC[C@H]2[C@@H](OC)/C=C\[C@H](O)[C@H](C)C1)C[C@@]1(CCCc2cc(Cl)ccc21)CO3. The van der Waals surface area contributed by atoms with Gasteiger partial charge in [-0.2, -0.15) is 0 Å². The van der Waals surface area contributed by atoms with Crippen LogP contribution < -0.4 is 19.1 Å². The van der Waals surface area contributed by atoms with Gasteiger partial charge in [-0.15, -0.1) is 9.46 Å². The van der Waals surface area contributed by atoms with E-state index in [1.165, 1.54) is 35.2 Å². The van der Waals surface area contributed by atoms with Crippen LogP contribution in [0.15, 0.2) is 53.0 Å². The number of aromatic nitrogens is 3. The van der Waals surface area contributed by atoms with Crippen LogP contribution >= 0.6 is 11.6 Å². The molecule has 0 saturated heterocycles. The van der Waals surface area contributed by atoms with Crippen molar-refractivity contribution in [2.24, 2.45) is 29.2 Å². The van der Waals surface area contributed by atoms with Gasteiger partial charge in [0, 0.05) is 43.9 Å². The molecule has 2 bridgehead atoms. The Kier molecular flexibility index (Phi) is 10.1. The van der Waals surface area contributed by atoms with Crippen molar-refractivity contribution in [2.45, 2.75) is 56.7 Å². The van der Waals surface area contributed by atoms with Crippen LogP contribution in [0.1, 0.15) is 64.6 Å². The number of benzene rings is 1. The Balaban J connectivity index is 1.32. The lowest BCUT2D eigenvalue weighted by atomic mass is 9.68. The van der Waals surface area contributed by atoms with Gasteiger partial charge in [0.2, 0.25) is 5.88 Å². The number of nitrogens with zero attached hydrogens (tertiary/aromatic N) is 5. The lowest BCUT2D eigenvalue weighted by Crippen LogP contribution is -2.49. The number of nitrogens with one attached hydrogen (secondary N) is 1. The first-order chi connectivity index (χ1) is 24.9. The molecular weight excluding hydrogens is 708 g/mol. The molecule has 13 nitrogen and oxygen atoms in total. The number of carbonyl (C=O) groups excluding carboxylic acids is 2. The number of methoxy groups -OCH3 is 2. The highest BCUT2D eigenvalue weighted by atomic mass is 35.5. The summed E-state index contributed by atoms with van der Waals surface area (Å²) in [6, 6.07) is 9.33. The molecule has 278 valence electrons. The van der Waals surface area contributed by atoms with Crippen LogP contribution in [0.2, 0.25) is 5.02 Å². The quantitative estimate of drug-likeness (QED) is 0.364. The second kappa shape index (κ2) is 14.4. The topological polar surface area (TPSA) is 157 Å². The highest BCUT2D eigenvalue weighted by molar-refractivity contribution is 7.92. The lowest BCUT2D eigenvalue weighted by molar-refractivity contribution is 0.0124. The third-order valence-electron chi connectivity index (χ3n) is 11.0. The van der Waals surface area contributed by atoms with Gasteiger partial charge in [-0.25, -0.2) is 9.19 Å². The fourth-order valence-corrected chi connectivity index (χ4v) is 10.2. The summed E-state index contributed by atoms with van der Waals surface area (Å²) >= 11 is 6.44. The molecule has 1 spiro atoms. The molecule has 3 aromatic rings. The van der Waals surface area contributed by atoms with Crippen molar-refractivity contribution in [2.75, 3.05) is 44.6 Å². The molecule has 4 aliphatic rings. The second-order valence-corrected chi connectivity index (χ2v) is 17.0. The number of ether oxygens (including phenoxy) is 3. The van der Waals surface area contributed by atoms with E-state index in [4.69, 9.17) is 30.8 Å². The van der Waals surface area contributed by atoms with Crippen molar-refractivity contribution in [1.29, 1.82) is 0 Å². The smallest absolute Gasteiger partial charge is 0.305 e. The highest BCUT2D eigenvalue weighted by Crippen LogP contribution is 2.46. The van der Waals surface area contributed by atoms with Crippen LogP contribution in [0.5, 0.6) is 11.6 Å². The average molecular weight is 753 g/mol. The normalized spacial score (nSPS) is 30.8. The molecule has 7 atom stereocenters. The van der Waals surface area contributed by atoms with Gasteiger partial charge < -0.3 is 24.2 Å². The summed E-state index contributed by atoms with van der Waals surface area (Å²) in [6.45, 7) is 3.35. The van der Waals surface area contributed by atoms with Gasteiger partial charge in [0.1, 0.15) is 21.2 Å². The van der Waals surface area contributed by atoms with Crippen molar-refractivity contribution < 1.29 is 33.1 Å². The number of fused-ring (bicyclic) bond motifs is 4. The number of anilines is 1. The van der Waals surface area contributed by atoms with Crippen LogP contribution in [-0.4, -0.2) is 87.8 Å². The monoisotopic (exact) mass is 752 g/mol. The van der Waals surface area contributed by atoms with Crippen molar-refractivity contribution >= 4 is 39.1 Å². The summed E-state index contributed by atoms with van der Waals surface area (Å²) in [6.07, 6.45) is 8.36. The zero-order chi connectivity index (χ0) is 36.8. The Morgan fingerprint density at radius 2 is 2.02 bits per heavy atom. The van der Waals surface area contributed by atoms with E-state index < -0.39 is 33.8 Å². The van der Waals surface area contributed by atoms with Crippen molar-refractivity contribution in [3.63, 3.8) is 0 Å². The van der Waals surface area contributed by atoms with Crippen molar-refractivity contribution in [3.8, 4) is 11.6 Å². The molecule has 2 aliphatic carbocycles. The first-order valence-corrected chi connectivity index (χ1v) is 19.7. The molecular formula is C37H45ClN6O7S. The van der Waals surface area contributed by atoms with E-state index in [1.54, 1.807) is 33.2 Å². The van der Waals surface area contributed by atoms with E-state index >= 15 is 0 Å². The molecule has 1 fully saturated rings. The minimum Gasteiger partial charge on any atom is -0.489 e. The summed E-state index contributed by atoms with van der Waals surface area (Å²) < 4.78 is 40.3. The molecule has 2 amide bonds. The van der Waals surface area contributed by atoms with Gasteiger partial charge in [-0.3, -0.25) is 19.0 Å². The first-order valence-electron chi connectivity index (χ1n) is 17.7. The van der Waals surface area contributed by atoms with Gasteiger partial charge in [0.15, 0.2) is 11.6 Å². The molecule has 7 rings (SSSR count). The summed E-state index contributed by atoms with van der Waals surface area (Å²) in [5.74, 6) is -1.15. The summed E-state index contributed by atoms with van der Waals surface area (Å²) in [4.78, 5) is 34.5. The number of rotatable bonds is 4. The molecule has 52 heavy (non-hydrogen) atoms. The molecule has 2 N–H and O–H groups in total. The predicted octanol–water partition coefficient (Wildman–Crippen LogP) is 4.51. The fourth-order valence-electron chi connectivity index (χ4n) is 8.16. The van der Waals surface area contributed by atoms with E-state index in [9.17, 15) is 18.9 Å². The number of aliphatic hydroxyl groups is 1. The molecule has 2 aromatic heterocycles. The highest BCUT2D eigenvalue weighted by Gasteiger charge is 2.45. The van der Waals surface area contributed by atoms with E-state index in [0.717, 1.165) is 32.1 Å². The third kappa shape index (κ3) is 7.05. The van der Waals surface area contributed by atoms with E-state index in [-0.39, 0.29) is 46.2 Å². The standard InChI is InChI=1S/C37H45ClN6O7S/c1-22-19-52(48,41-34(46)27-18-43(2)40-36(27)50-4)42-35(47)29-11-13-32-33(39-29)44(17-24-7-9-26(24)31(49-3)14-12-30(22)45)20-37(21-51-32)15-5-6-23-16-25(38)8-10-28(23)37/h8,10-14,16,18,22,24,26,30-31,45H,5-7,9,15,17,19-21H2,1-4H3,(H,41,42,46,47,48)/b14-12-/t22-,24+,26-,30+,31+,37+,52?/m1/s1. The van der Waals surface area contributed by atoms with Crippen LogP contribution in [0, 0.1) is 17.8 Å².